The number of carbonyl (C=O) groups excluding carboxylic acids is 1. The maximum atomic E-state index is 12.1. The Bertz CT molecular complexity index is 409. The highest BCUT2D eigenvalue weighted by atomic mass is 35.5. The molecule has 1 rings (SSSR count). The van der Waals surface area contributed by atoms with E-state index in [1.54, 1.807) is 30.1 Å². The van der Waals surface area contributed by atoms with Crippen molar-refractivity contribution in [2.24, 2.45) is 0 Å². The van der Waals surface area contributed by atoms with Gasteiger partial charge < -0.3 is 4.90 Å². The molecule has 0 aromatic heterocycles. The van der Waals surface area contributed by atoms with Gasteiger partial charge >= 0.3 is 0 Å². The molecule has 0 heterocycles. The molecule has 0 aliphatic carbocycles. The number of nitrogens with zero attached hydrogens (tertiary/aromatic N) is 1. The van der Waals surface area contributed by atoms with Gasteiger partial charge in [-0.05, 0) is 25.0 Å². The standard InChI is InChI=1S/C13H16Cl3NO/c1-17(9-4-2-3-8-14)13(18)10-6-5-7-11(15)12(10)16/h5-7H,2-4,8-9H2,1H3. The Morgan fingerprint density at radius 2 is 1.94 bits per heavy atom. The van der Waals surface area contributed by atoms with E-state index in [0.717, 1.165) is 19.3 Å². The van der Waals surface area contributed by atoms with Crippen LogP contribution in [0.4, 0.5) is 0 Å². The quantitative estimate of drug-likeness (QED) is 0.560. The van der Waals surface area contributed by atoms with Crippen molar-refractivity contribution in [3.8, 4) is 0 Å². The molecule has 1 aromatic carbocycles. The van der Waals surface area contributed by atoms with Crippen molar-refractivity contribution in [3.05, 3.63) is 33.8 Å². The van der Waals surface area contributed by atoms with Crippen LogP contribution in [0, 0.1) is 0 Å². The van der Waals surface area contributed by atoms with E-state index in [1.165, 1.54) is 0 Å². The molecule has 0 aliphatic heterocycles. The van der Waals surface area contributed by atoms with Crippen LogP contribution in [0.15, 0.2) is 18.2 Å². The Hall–Kier alpha value is -0.440. The summed E-state index contributed by atoms with van der Waals surface area (Å²) in [6.45, 7) is 0.693. The van der Waals surface area contributed by atoms with Gasteiger partial charge in [0, 0.05) is 19.5 Å². The summed E-state index contributed by atoms with van der Waals surface area (Å²) in [5, 5.41) is 0.717. The molecule has 2 nitrogen and oxygen atoms in total. The van der Waals surface area contributed by atoms with E-state index in [4.69, 9.17) is 34.8 Å². The molecular weight excluding hydrogens is 293 g/mol. The average Bonchev–Trinajstić information content (AvgIpc) is 2.37. The van der Waals surface area contributed by atoms with E-state index in [9.17, 15) is 4.79 Å². The molecule has 0 atom stereocenters. The normalized spacial score (nSPS) is 10.4. The van der Waals surface area contributed by atoms with Crippen LogP contribution in [0.5, 0.6) is 0 Å². The topological polar surface area (TPSA) is 20.3 Å². The van der Waals surface area contributed by atoms with E-state index in [-0.39, 0.29) is 5.91 Å². The molecule has 0 fully saturated rings. The molecule has 1 aromatic rings. The Kier molecular flexibility index (Phi) is 6.83. The van der Waals surface area contributed by atoms with Crippen LogP contribution >= 0.6 is 34.8 Å². The third kappa shape index (κ3) is 4.34. The molecule has 0 saturated heterocycles. The predicted molar refractivity (Wildman–Crippen MR) is 78.0 cm³/mol. The number of hydrogen-bond acceptors (Lipinski definition) is 1. The van der Waals surface area contributed by atoms with Crippen LogP contribution in [0.25, 0.3) is 0 Å². The lowest BCUT2D eigenvalue weighted by Crippen LogP contribution is -2.28. The van der Waals surface area contributed by atoms with Crippen LogP contribution in [-0.2, 0) is 0 Å². The molecule has 0 unspecified atom stereocenters. The van der Waals surface area contributed by atoms with Gasteiger partial charge in [-0.25, -0.2) is 0 Å². The summed E-state index contributed by atoms with van der Waals surface area (Å²) in [5.41, 5.74) is 0.448. The Morgan fingerprint density at radius 1 is 1.22 bits per heavy atom. The third-order valence-electron chi connectivity index (χ3n) is 2.66. The summed E-state index contributed by atoms with van der Waals surface area (Å²) in [4.78, 5) is 13.8. The molecule has 5 heteroatoms. The van der Waals surface area contributed by atoms with Crippen molar-refractivity contribution in [2.75, 3.05) is 19.5 Å². The van der Waals surface area contributed by atoms with Gasteiger partial charge in [-0.2, -0.15) is 0 Å². The van der Waals surface area contributed by atoms with Gasteiger partial charge in [-0.1, -0.05) is 35.7 Å². The minimum Gasteiger partial charge on any atom is -0.342 e. The van der Waals surface area contributed by atoms with E-state index >= 15 is 0 Å². The first-order valence-electron chi connectivity index (χ1n) is 5.83. The monoisotopic (exact) mass is 307 g/mol. The fourth-order valence-corrected chi connectivity index (χ4v) is 2.17. The second kappa shape index (κ2) is 7.88. The van der Waals surface area contributed by atoms with Gasteiger partial charge in [-0.3, -0.25) is 4.79 Å². The number of rotatable bonds is 6. The van der Waals surface area contributed by atoms with E-state index in [1.807, 2.05) is 0 Å². The van der Waals surface area contributed by atoms with Crippen LogP contribution in [0.1, 0.15) is 29.6 Å². The second-order valence-corrected chi connectivity index (χ2v) is 5.24. The van der Waals surface area contributed by atoms with Crippen molar-refractivity contribution >= 4 is 40.7 Å². The Morgan fingerprint density at radius 3 is 2.61 bits per heavy atom. The smallest absolute Gasteiger partial charge is 0.255 e. The summed E-state index contributed by atoms with van der Waals surface area (Å²) < 4.78 is 0. The Balaban J connectivity index is 2.60. The highest BCUT2D eigenvalue weighted by Gasteiger charge is 2.16. The van der Waals surface area contributed by atoms with Crippen molar-refractivity contribution in [3.63, 3.8) is 0 Å². The zero-order chi connectivity index (χ0) is 13.5. The van der Waals surface area contributed by atoms with Gasteiger partial charge in [0.25, 0.3) is 5.91 Å². The van der Waals surface area contributed by atoms with Gasteiger partial charge in [0.15, 0.2) is 0 Å². The number of alkyl halides is 1. The first kappa shape index (κ1) is 15.6. The highest BCUT2D eigenvalue weighted by Crippen LogP contribution is 2.26. The minimum atomic E-state index is -0.103. The lowest BCUT2D eigenvalue weighted by molar-refractivity contribution is 0.0793. The van der Waals surface area contributed by atoms with Crippen molar-refractivity contribution < 1.29 is 4.79 Å². The van der Waals surface area contributed by atoms with Crippen LogP contribution in [0.3, 0.4) is 0 Å². The summed E-state index contributed by atoms with van der Waals surface area (Å²) in [5.74, 6) is 0.561. The number of carbonyl (C=O) groups is 1. The summed E-state index contributed by atoms with van der Waals surface area (Å²) in [7, 11) is 1.76. The molecule has 0 N–H and O–H groups in total. The molecular formula is C13H16Cl3NO. The molecule has 0 radical (unpaired) electrons. The molecule has 0 bridgehead atoms. The van der Waals surface area contributed by atoms with Gasteiger partial charge in [0.05, 0.1) is 15.6 Å². The van der Waals surface area contributed by atoms with E-state index < -0.39 is 0 Å². The average molecular weight is 309 g/mol. The van der Waals surface area contributed by atoms with Crippen molar-refractivity contribution in [1.29, 1.82) is 0 Å². The molecule has 18 heavy (non-hydrogen) atoms. The van der Waals surface area contributed by atoms with E-state index in [2.05, 4.69) is 0 Å². The maximum Gasteiger partial charge on any atom is 0.255 e. The van der Waals surface area contributed by atoms with Gasteiger partial charge in [0.2, 0.25) is 0 Å². The van der Waals surface area contributed by atoms with Crippen LogP contribution in [-0.4, -0.2) is 30.3 Å². The van der Waals surface area contributed by atoms with Crippen molar-refractivity contribution in [2.45, 2.75) is 19.3 Å². The fraction of sp³-hybridized carbons (Fsp3) is 0.462. The number of halogens is 3. The summed E-state index contributed by atoms with van der Waals surface area (Å²) in [6.07, 6.45) is 2.93. The molecule has 100 valence electrons. The van der Waals surface area contributed by atoms with Crippen LogP contribution in [0.2, 0.25) is 10.0 Å². The number of hydrogen-bond donors (Lipinski definition) is 0. The molecule has 1 amide bonds. The van der Waals surface area contributed by atoms with Gasteiger partial charge in [0.1, 0.15) is 0 Å². The van der Waals surface area contributed by atoms with E-state index in [0.29, 0.717) is 28.0 Å². The van der Waals surface area contributed by atoms with Crippen molar-refractivity contribution in [1.82, 2.24) is 4.90 Å². The molecule has 0 spiro atoms. The SMILES string of the molecule is CN(CCCCCCl)C(=O)c1cccc(Cl)c1Cl. The third-order valence-corrected chi connectivity index (χ3v) is 3.74. The molecule has 0 saturated carbocycles. The number of amides is 1. The summed E-state index contributed by atoms with van der Waals surface area (Å²) in [6, 6.07) is 5.08. The fourth-order valence-electron chi connectivity index (χ4n) is 1.60. The maximum absolute atomic E-state index is 12.1. The lowest BCUT2D eigenvalue weighted by atomic mass is 10.2. The minimum absolute atomic E-state index is 0.103. The lowest BCUT2D eigenvalue weighted by Gasteiger charge is -2.18. The molecule has 0 aliphatic rings. The van der Waals surface area contributed by atoms with Gasteiger partial charge in [-0.15, -0.1) is 11.6 Å². The number of unbranched alkanes of at least 4 members (excludes halogenated alkanes) is 2. The number of benzene rings is 1. The zero-order valence-corrected chi connectivity index (χ0v) is 12.5. The first-order chi connectivity index (χ1) is 8.57. The Labute approximate surface area is 123 Å². The first-order valence-corrected chi connectivity index (χ1v) is 7.12. The summed E-state index contributed by atoms with van der Waals surface area (Å²) >= 11 is 17.5. The van der Waals surface area contributed by atoms with Crippen LogP contribution < -0.4 is 0 Å². The predicted octanol–water partition coefficient (Wildman–Crippen LogP) is 4.47. The highest BCUT2D eigenvalue weighted by molar-refractivity contribution is 6.43. The second-order valence-electron chi connectivity index (χ2n) is 4.08. The largest absolute Gasteiger partial charge is 0.342 e. The zero-order valence-electron chi connectivity index (χ0n) is 10.3.